The van der Waals surface area contributed by atoms with Crippen molar-refractivity contribution >= 4 is 0 Å². The fourth-order valence-electron chi connectivity index (χ4n) is 2.09. The van der Waals surface area contributed by atoms with Crippen molar-refractivity contribution in [1.29, 1.82) is 0 Å². The van der Waals surface area contributed by atoms with Crippen molar-refractivity contribution in [3.05, 3.63) is 0 Å². The number of aliphatic hydroxyl groups is 1. The van der Waals surface area contributed by atoms with Gasteiger partial charge in [0.25, 0.3) is 0 Å². The maximum atomic E-state index is 10.1. The van der Waals surface area contributed by atoms with E-state index in [9.17, 15) is 5.11 Å². The van der Waals surface area contributed by atoms with Crippen molar-refractivity contribution < 1.29 is 9.84 Å². The third-order valence-corrected chi connectivity index (χ3v) is 3.17. The van der Waals surface area contributed by atoms with E-state index in [0.717, 1.165) is 39.1 Å². The predicted octanol–water partition coefficient (Wildman–Crippen LogP) is 1.50. The number of aliphatic hydroxyl groups excluding tert-OH is 1. The topological polar surface area (TPSA) is 32.7 Å². The van der Waals surface area contributed by atoms with Crippen LogP contribution in [0, 0.1) is 5.92 Å². The van der Waals surface area contributed by atoms with E-state index in [4.69, 9.17) is 4.74 Å². The highest BCUT2D eigenvalue weighted by Crippen LogP contribution is 2.18. The quantitative estimate of drug-likeness (QED) is 0.729. The number of nitrogens with zero attached hydrogens (tertiary/aromatic N) is 1. The number of hydrogen-bond donors (Lipinski definition) is 1. The molecule has 0 spiro atoms. The van der Waals surface area contributed by atoms with Gasteiger partial charge in [0.1, 0.15) is 0 Å². The lowest BCUT2D eigenvalue weighted by molar-refractivity contribution is 0.0460. The normalized spacial score (nSPS) is 24.0. The molecule has 0 aromatic rings. The molecule has 1 saturated heterocycles. The Balaban J connectivity index is 2.35. The maximum Gasteiger partial charge on any atom is 0.0718 e. The first-order valence-electron chi connectivity index (χ1n) is 6.15. The first-order valence-corrected chi connectivity index (χ1v) is 6.15. The molecule has 1 fully saturated rings. The van der Waals surface area contributed by atoms with Crippen LogP contribution in [0.3, 0.4) is 0 Å². The molecule has 0 amide bonds. The van der Waals surface area contributed by atoms with Crippen molar-refractivity contribution in [2.75, 3.05) is 26.3 Å². The Kier molecular flexibility index (Phi) is 5.58. The lowest BCUT2D eigenvalue weighted by atomic mass is 10.0. The molecule has 90 valence electrons. The minimum absolute atomic E-state index is 0.221. The molecule has 1 aliphatic heterocycles. The molecule has 0 aromatic heterocycles. The van der Waals surface area contributed by atoms with Crippen LogP contribution < -0.4 is 0 Å². The molecule has 3 heteroatoms. The van der Waals surface area contributed by atoms with Crippen LogP contribution >= 0.6 is 0 Å². The van der Waals surface area contributed by atoms with Gasteiger partial charge in [0.2, 0.25) is 0 Å². The average molecular weight is 215 g/mol. The Morgan fingerprint density at radius 2 is 2.20 bits per heavy atom. The van der Waals surface area contributed by atoms with Crippen molar-refractivity contribution in [3.63, 3.8) is 0 Å². The van der Waals surface area contributed by atoms with Crippen LogP contribution in [0.25, 0.3) is 0 Å². The zero-order chi connectivity index (χ0) is 11.3. The fourth-order valence-corrected chi connectivity index (χ4v) is 2.09. The van der Waals surface area contributed by atoms with Crippen LogP contribution in [0.4, 0.5) is 0 Å². The molecule has 1 aliphatic rings. The smallest absolute Gasteiger partial charge is 0.0718 e. The van der Waals surface area contributed by atoms with Gasteiger partial charge >= 0.3 is 0 Å². The van der Waals surface area contributed by atoms with Gasteiger partial charge in [0.15, 0.2) is 0 Å². The highest BCUT2D eigenvalue weighted by Gasteiger charge is 2.26. The van der Waals surface area contributed by atoms with Gasteiger partial charge in [-0.15, -0.1) is 0 Å². The summed E-state index contributed by atoms with van der Waals surface area (Å²) in [6.45, 7) is 9.97. The first-order chi connectivity index (χ1) is 7.15. The molecule has 2 unspecified atom stereocenters. The van der Waals surface area contributed by atoms with Gasteiger partial charge in [-0.3, -0.25) is 4.90 Å². The summed E-state index contributed by atoms with van der Waals surface area (Å²) in [6, 6.07) is 0.516. The largest absolute Gasteiger partial charge is 0.391 e. The van der Waals surface area contributed by atoms with E-state index in [1.807, 2.05) is 0 Å². The monoisotopic (exact) mass is 215 g/mol. The Bertz CT molecular complexity index is 167. The van der Waals surface area contributed by atoms with E-state index in [2.05, 4.69) is 25.7 Å². The lowest BCUT2D eigenvalue weighted by Crippen LogP contribution is -2.41. The third kappa shape index (κ3) is 4.09. The Morgan fingerprint density at radius 3 is 2.67 bits per heavy atom. The first kappa shape index (κ1) is 12.9. The summed E-state index contributed by atoms with van der Waals surface area (Å²) < 4.78 is 5.30. The summed E-state index contributed by atoms with van der Waals surface area (Å²) in [5, 5.41) is 10.1. The summed E-state index contributed by atoms with van der Waals surface area (Å²) in [5.74, 6) is 0.350. The van der Waals surface area contributed by atoms with E-state index < -0.39 is 0 Å². The summed E-state index contributed by atoms with van der Waals surface area (Å²) in [7, 11) is 0. The molecule has 0 bridgehead atoms. The van der Waals surface area contributed by atoms with Crippen LogP contribution in [-0.2, 0) is 4.74 Å². The maximum absolute atomic E-state index is 10.1. The van der Waals surface area contributed by atoms with Crippen LogP contribution in [0.15, 0.2) is 0 Å². The summed E-state index contributed by atoms with van der Waals surface area (Å²) in [5.41, 5.74) is 0. The van der Waals surface area contributed by atoms with Gasteiger partial charge in [-0.25, -0.2) is 0 Å². The molecule has 3 nitrogen and oxygen atoms in total. The second-order valence-electron chi connectivity index (χ2n) is 4.78. The van der Waals surface area contributed by atoms with Crippen molar-refractivity contribution in [1.82, 2.24) is 4.90 Å². The van der Waals surface area contributed by atoms with E-state index >= 15 is 0 Å². The number of hydrogen-bond acceptors (Lipinski definition) is 3. The predicted molar refractivity (Wildman–Crippen MR) is 61.9 cm³/mol. The lowest BCUT2D eigenvalue weighted by Gasteiger charge is -2.30. The van der Waals surface area contributed by atoms with Crippen molar-refractivity contribution in [3.8, 4) is 0 Å². The third-order valence-electron chi connectivity index (χ3n) is 3.17. The molecule has 1 heterocycles. The molecular weight excluding hydrogens is 190 g/mol. The second-order valence-corrected chi connectivity index (χ2v) is 4.78. The summed E-state index contributed by atoms with van der Waals surface area (Å²) in [4.78, 5) is 2.35. The van der Waals surface area contributed by atoms with Gasteiger partial charge in [-0.1, -0.05) is 6.92 Å². The standard InChI is InChI=1S/C12H25NO2/c1-4-6-13(10(2)3)8-12(14)11-5-7-15-9-11/h10-12,14H,4-9H2,1-3H3. The van der Waals surface area contributed by atoms with Gasteiger partial charge in [-0.2, -0.15) is 0 Å². The molecule has 0 saturated carbocycles. The molecule has 0 aliphatic carbocycles. The van der Waals surface area contributed by atoms with Crippen LogP contribution in [0.1, 0.15) is 33.6 Å². The fraction of sp³-hybridized carbons (Fsp3) is 1.00. The minimum atomic E-state index is -0.221. The summed E-state index contributed by atoms with van der Waals surface area (Å²) in [6.07, 6.45) is 1.94. The number of ether oxygens (including phenoxy) is 1. The van der Waals surface area contributed by atoms with E-state index in [1.165, 1.54) is 0 Å². The number of rotatable bonds is 6. The minimum Gasteiger partial charge on any atom is -0.391 e. The van der Waals surface area contributed by atoms with Crippen molar-refractivity contribution in [2.24, 2.45) is 5.92 Å². The highest BCUT2D eigenvalue weighted by molar-refractivity contribution is 4.77. The van der Waals surface area contributed by atoms with Crippen LogP contribution in [0.2, 0.25) is 0 Å². The van der Waals surface area contributed by atoms with Gasteiger partial charge in [0.05, 0.1) is 12.7 Å². The zero-order valence-corrected chi connectivity index (χ0v) is 10.3. The van der Waals surface area contributed by atoms with Crippen LogP contribution in [-0.4, -0.2) is 48.5 Å². The van der Waals surface area contributed by atoms with E-state index in [0.29, 0.717) is 12.0 Å². The molecule has 0 radical (unpaired) electrons. The second kappa shape index (κ2) is 6.46. The molecule has 1 rings (SSSR count). The molecule has 15 heavy (non-hydrogen) atoms. The molecule has 1 N–H and O–H groups in total. The van der Waals surface area contributed by atoms with Gasteiger partial charge in [0, 0.05) is 25.1 Å². The zero-order valence-electron chi connectivity index (χ0n) is 10.3. The van der Waals surface area contributed by atoms with E-state index in [1.54, 1.807) is 0 Å². The van der Waals surface area contributed by atoms with Crippen LogP contribution in [0.5, 0.6) is 0 Å². The average Bonchev–Trinajstić information content (AvgIpc) is 2.69. The van der Waals surface area contributed by atoms with Gasteiger partial charge in [-0.05, 0) is 33.2 Å². The van der Waals surface area contributed by atoms with E-state index in [-0.39, 0.29) is 6.10 Å². The molecule has 0 aromatic carbocycles. The summed E-state index contributed by atoms with van der Waals surface area (Å²) >= 11 is 0. The Hall–Kier alpha value is -0.120. The highest BCUT2D eigenvalue weighted by atomic mass is 16.5. The van der Waals surface area contributed by atoms with Crippen molar-refractivity contribution in [2.45, 2.75) is 45.8 Å². The Morgan fingerprint density at radius 1 is 1.47 bits per heavy atom. The van der Waals surface area contributed by atoms with Gasteiger partial charge < -0.3 is 9.84 Å². The Labute approximate surface area is 93.4 Å². The molecular formula is C12H25NO2. The SMILES string of the molecule is CCCN(CC(O)C1CCOC1)C(C)C. The molecule has 2 atom stereocenters.